The van der Waals surface area contributed by atoms with E-state index in [1.54, 1.807) is 18.4 Å². The van der Waals surface area contributed by atoms with Gasteiger partial charge in [0.25, 0.3) is 0 Å². The Morgan fingerprint density at radius 1 is 1.53 bits per heavy atom. The average molecular weight is 229 g/mol. The number of aliphatic hydroxyl groups is 1. The minimum absolute atomic E-state index is 0.552. The van der Waals surface area contributed by atoms with Crippen LogP contribution < -0.4 is 5.32 Å². The van der Waals surface area contributed by atoms with E-state index in [0.29, 0.717) is 13.2 Å². The summed E-state index contributed by atoms with van der Waals surface area (Å²) in [6.45, 7) is 5.85. The zero-order valence-electron chi connectivity index (χ0n) is 9.54. The quantitative estimate of drug-likeness (QED) is 0.726. The molecule has 3 nitrogen and oxygen atoms in total. The Kier molecular flexibility index (Phi) is 4.73. The van der Waals surface area contributed by atoms with Crippen LogP contribution in [0.25, 0.3) is 0 Å². The van der Waals surface area contributed by atoms with Crippen LogP contribution >= 0.6 is 11.3 Å². The molecule has 0 amide bonds. The minimum atomic E-state index is -0.785. The van der Waals surface area contributed by atoms with E-state index in [1.165, 1.54) is 4.88 Å². The van der Waals surface area contributed by atoms with E-state index < -0.39 is 5.60 Å². The first-order valence-corrected chi connectivity index (χ1v) is 5.87. The number of ether oxygens (including phenoxy) is 1. The normalized spacial score (nSPS) is 15.2. The third kappa shape index (κ3) is 3.91. The number of methoxy groups -OCH3 is 1. The first-order valence-electron chi connectivity index (χ1n) is 5.05. The fourth-order valence-electron chi connectivity index (χ4n) is 1.32. The standard InChI is InChI=1S/C11H19NO2S/c1-9-4-5-10(15-9)11(2,13)8-12-6-7-14-3/h4-5,12-13H,6-8H2,1-3H3. The summed E-state index contributed by atoms with van der Waals surface area (Å²) in [5.74, 6) is 0. The van der Waals surface area contributed by atoms with Crippen LogP contribution in [0.5, 0.6) is 0 Å². The van der Waals surface area contributed by atoms with Gasteiger partial charge in [-0.3, -0.25) is 0 Å². The minimum Gasteiger partial charge on any atom is -0.383 e. The van der Waals surface area contributed by atoms with Gasteiger partial charge in [0.1, 0.15) is 5.60 Å². The van der Waals surface area contributed by atoms with E-state index in [-0.39, 0.29) is 0 Å². The molecule has 15 heavy (non-hydrogen) atoms. The molecule has 1 aromatic heterocycles. The lowest BCUT2D eigenvalue weighted by Crippen LogP contribution is -2.36. The van der Waals surface area contributed by atoms with Crippen molar-refractivity contribution in [2.75, 3.05) is 26.8 Å². The van der Waals surface area contributed by atoms with E-state index in [9.17, 15) is 5.11 Å². The summed E-state index contributed by atoms with van der Waals surface area (Å²) in [6.07, 6.45) is 0. The monoisotopic (exact) mass is 229 g/mol. The fraction of sp³-hybridized carbons (Fsp3) is 0.636. The highest BCUT2D eigenvalue weighted by atomic mass is 32.1. The van der Waals surface area contributed by atoms with Crippen LogP contribution in [-0.4, -0.2) is 31.9 Å². The number of thiophene rings is 1. The van der Waals surface area contributed by atoms with Gasteiger partial charge in [0, 0.05) is 30.0 Å². The van der Waals surface area contributed by atoms with Crippen molar-refractivity contribution in [3.63, 3.8) is 0 Å². The number of aryl methyl sites for hydroxylation is 1. The van der Waals surface area contributed by atoms with Crippen LogP contribution in [0.1, 0.15) is 16.7 Å². The fourth-order valence-corrected chi connectivity index (χ4v) is 2.23. The molecular weight excluding hydrogens is 210 g/mol. The second-order valence-electron chi connectivity index (χ2n) is 3.85. The van der Waals surface area contributed by atoms with Gasteiger partial charge in [0.05, 0.1) is 6.61 Å². The molecule has 0 aliphatic rings. The van der Waals surface area contributed by atoms with Gasteiger partial charge in [-0.1, -0.05) is 0 Å². The predicted molar refractivity (Wildman–Crippen MR) is 63.4 cm³/mol. The molecule has 0 aromatic carbocycles. The molecule has 1 unspecified atom stereocenters. The second kappa shape index (κ2) is 5.61. The highest BCUT2D eigenvalue weighted by Gasteiger charge is 2.23. The Bertz CT molecular complexity index is 297. The first kappa shape index (κ1) is 12.6. The number of hydrogen-bond acceptors (Lipinski definition) is 4. The third-order valence-corrected chi connectivity index (χ3v) is 3.48. The molecule has 0 saturated heterocycles. The summed E-state index contributed by atoms with van der Waals surface area (Å²) in [5, 5.41) is 13.4. The van der Waals surface area contributed by atoms with Crippen molar-refractivity contribution in [1.29, 1.82) is 0 Å². The van der Waals surface area contributed by atoms with Crippen molar-refractivity contribution >= 4 is 11.3 Å². The molecule has 0 aliphatic carbocycles. The first-order chi connectivity index (χ1) is 7.06. The number of hydrogen-bond donors (Lipinski definition) is 2. The van der Waals surface area contributed by atoms with Gasteiger partial charge in [0.15, 0.2) is 0 Å². The van der Waals surface area contributed by atoms with Crippen molar-refractivity contribution in [2.24, 2.45) is 0 Å². The summed E-state index contributed by atoms with van der Waals surface area (Å²) in [6, 6.07) is 4.02. The average Bonchev–Trinajstić information content (AvgIpc) is 2.60. The molecule has 86 valence electrons. The lowest BCUT2D eigenvalue weighted by Gasteiger charge is -2.22. The zero-order valence-corrected chi connectivity index (χ0v) is 10.4. The van der Waals surface area contributed by atoms with E-state index in [2.05, 4.69) is 5.32 Å². The van der Waals surface area contributed by atoms with Gasteiger partial charge in [-0.25, -0.2) is 0 Å². The van der Waals surface area contributed by atoms with Crippen molar-refractivity contribution < 1.29 is 9.84 Å². The van der Waals surface area contributed by atoms with Crippen LogP contribution in [0.15, 0.2) is 12.1 Å². The Hall–Kier alpha value is -0.420. The Morgan fingerprint density at radius 2 is 2.27 bits per heavy atom. The van der Waals surface area contributed by atoms with Crippen molar-refractivity contribution in [3.05, 3.63) is 21.9 Å². The highest BCUT2D eigenvalue weighted by molar-refractivity contribution is 7.12. The Balaban J connectivity index is 2.44. The van der Waals surface area contributed by atoms with Gasteiger partial charge >= 0.3 is 0 Å². The van der Waals surface area contributed by atoms with Crippen LogP contribution in [-0.2, 0) is 10.3 Å². The van der Waals surface area contributed by atoms with Gasteiger partial charge in [-0.15, -0.1) is 11.3 Å². The summed E-state index contributed by atoms with van der Waals surface area (Å²) >= 11 is 1.64. The van der Waals surface area contributed by atoms with Crippen LogP contribution in [0.4, 0.5) is 0 Å². The predicted octanol–water partition coefficient (Wildman–Crippen LogP) is 1.50. The molecule has 0 fully saturated rings. The van der Waals surface area contributed by atoms with Crippen LogP contribution in [0.2, 0.25) is 0 Å². The van der Waals surface area contributed by atoms with Crippen LogP contribution in [0.3, 0.4) is 0 Å². The van der Waals surface area contributed by atoms with E-state index in [4.69, 9.17) is 4.74 Å². The van der Waals surface area contributed by atoms with Crippen molar-refractivity contribution in [2.45, 2.75) is 19.4 Å². The highest BCUT2D eigenvalue weighted by Crippen LogP contribution is 2.27. The lowest BCUT2D eigenvalue weighted by molar-refractivity contribution is 0.0586. The third-order valence-electron chi connectivity index (χ3n) is 2.22. The molecule has 0 bridgehead atoms. The molecule has 0 radical (unpaired) electrons. The molecule has 1 heterocycles. The van der Waals surface area contributed by atoms with E-state index in [1.807, 2.05) is 26.0 Å². The maximum absolute atomic E-state index is 10.2. The van der Waals surface area contributed by atoms with Gasteiger partial charge in [0.2, 0.25) is 0 Å². The largest absolute Gasteiger partial charge is 0.383 e. The summed E-state index contributed by atoms with van der Waals surface area (Å²) in [5.41, 5.74) is -0.785. The number of rotatable bonds is 6. The summed E-state index contributed by atoms with van der Waals surface area (Å²) in [4.78, 5) is 2.23. The van der Waals surface area contributed by atoms with Gasteiger partial charge in [-0.2, -0.15) is 0 Å². The maximum atomic E-state index is 10.2. The molecule has 0 saturated carbocycles. The Labute approximate surface area is 95.1 Å². The SMILES string of the molecule is COCCNCC(C)(O)c1ccc(C)s1. The van der Waals surface area contributed by atoms with Crippen molar-refractivity contribution in [1.82, 2.24) is 5.32 Å². The molecule has 0 spiro atoms. The van der Waals surface area contributed by atoms with E-state index in [0.717, 1.165) is 11.4 Å². The topological polar surface area (TPSA) is 41.5 Å². The van der Waals surface area contributed by atoms with Crippen molar-refractivity contribution in [3.8, 4) is 0 Å². The second-order valence-corrected chi connectivity index (χ2v) is 5.14. The molecule has 4 heteroatoms. The summed E-state index contributed by atoms with van der Waals surface area (Å²) < 4.78 is 4.92. The Morgan fingerprint density at radius 3 is 2.80 bits per heavy atom. The van der Waals surface area contributed by atoms with E-state index >= 15 is 0 Å². The number of nitrogens with one attached hydrogen (secondary N) is 1. The van der Waals surface area contributed by atoms with Gasteiger partial charge in [-0.05, 0) is 26.0 Å². The molecule has 0 aliphatic heterocycles. The summed E-state index contributed by atoms with van der Waals surface area (Å²) in [7, 11) is 1.67. The molecule has 2 N–H and O–H groups in total. The molecule has 1 rings (SSSR count). The lowest BCUT2D eigenvalue weighted by atomic mass is 10.1. The van der Waals surface area contributed by atoms with Gasteiger partial charge < -0.3 is 15.2 Å². The zero-order chi connectivity index (χ0) is 11.3. The van der Waals surface area contributed by atoms with Crippen LogP contribution in [0, 0.1) is 6.92 Å². The molecular formula is C11H19NO2S. The molecule has 1 atom stereocenters. The molecule has 1 aromatic rings. The smallest absolute Gasteiger partial charge is 0.108 e. The maximum Gasteiger partial charge on any atom is 0.108 e.